The molecular weight excluding hydrogens is 362 g/mol. The second-order valence-corrected chi connectivity index (χ2v) is 6.81. The van der Waals surface area contributed by atoms with Crippen LogP contribution >= 0.6 is 0 Å². The summed E-state index contributed by atoms with van der Waals surface area (Å²) >= 11 is 0. The predicted molar refractivity (Wildman–Crippen MR) is 112 cm³/mol. The van der Waals surface area contributed by atoms with Gasteiger partial charge in [-0.1, -0.05) is 37.3 Å². The van der Waals surface area contributed by atoms with Crippen molar-refractivity contribution in [2.45, 2.75) is 19.8 Å². The molecule has 0 spiro atoms. The minimum Gasteiger partial charge on any atom is -0.464 e. The van der Waals surface area contributed by atoms with E-state index in [4.69, 9.17) is 14.4 Å². The summed E-state index contributed by atoms with van der Waals surface area (Å²) in [6.45, 7) is 2.09. The molecule has 4 heteroatoms. The molecular formula is C25H19NO3. The molecule has 0 fully saturated rings. The van der Waals surface area contributed by atoms with Gasteiger partial charge in [0.05, 0.1) is 24.3 Å². The number of benzene rings is 3. The summed E-state index contributed by atoms with van der Waals surface area (Å²) < 4.78 is 11.0. The average Bonchev–Trinajstić information content (AvgIpc) is 3.16. The fraction of sp³-hybridized carbons (Fsp3) is 0.120. The zero-order chi connectivity index (χ0) is 20.2. The van der Waals surface area contributed by atoms with Gasteiger partial charge in [0, 0.05) is 10.9 Å². The van der Waals surface area contributed by atoms with Crippen molar-refractivity contribution >= 4 is 16.9 Å². The highest BCUT2D eigenvalue weighted by Gasteiger charge is 2.13. The molecule has 0 saturated heterocycles. The number of esters is 1. The third-order valence-electron chi connectivity index (χ3n) is 4.89. The van der Waals surface area contributed by atoms with E-state index in [1.54, 1.807) is 30.5 Å². The van der Waals surface area contributed by atoms with Gasteiger partial charge in [-0.2, -0.15) is 5.26 Å². The number of furan rings is 1. The Balaban J connectivity index is 1.45. The number of rotatable bonds is 5. The molecule has 4 nitrogen and oxygen atoms in total. The van der Waals surface area contributed by atoms with Crippen LogP contribution in [0, 0.1) is 11.3 Å². The predicted octanol–water partition coefficient (Wildman–Crippen LogP) is 5.68. The minimum atomic E-state index is -0.333. The molecule has 29 heavy (non-hydrogen) atoms. The lowest BCUT2D eigenvalue weighted by atomic mass is 10.0. The van der Waals surface area contributed by atoms with Crippen molar-refractivity contribution in [3.05, 3.63) is 89.7 Å². The number of hydrogen-bond acceptors (Lipinski definition) is 4. The number of fused-ring (bicyclic) bond motifs is 1. The lowest BCUT2D eigenvalue weighted by Gasteiger charge is -2.06. The number of nitriles is 1. The first-order valence-corrected chi connectivity index (χ1v) is 9.46. The zero-order valence-corrected chi connectivity index (χ0v) is 16.0. The van der Waals surface area contributed by atoms with Gasteiger partial charge in [0.1, 0.15) is 11.3 Å². The van der Waals surface area contributed by atoms with Crippen LogP contribution in [0.2, 0.25) is 0 Å². The Morgan fingerprint density at radius 3 is 2.34 bits per heavy atom. The summed E-state index contributed by atoms with van der Waals surface area (Å²) in [7, 11) is 0. The molecule has 0 radical (unpaired) electrons. The monoisotopic (exact) mass is 381 g/mol. The fourth-order valence-corrected chi connectivity index (χ4v) is 3.26. The topological polar surface area (TPSA) is 63.2 Å². The van der Waals surface area contributed by atoms with Crippen molar-refractivity contribution in [1.82, 2.24) is 0 Å². The number of carbonyl (C=O) groups is 1. The normalized spacial score (nSPS) is 10.6. The number of aryl methyl sites for hydroxylation is 1. The van der Waals surface area contributed by atoms with E-state index in [0.29, 0.717) is 11.3 Å². The van der Waals surface area contributed by atoms with Gasteiger partial charge >= 0.3 is 5.97 Å². The molecule has 0 aliphatic heterocycles. The van der Waals surface area contributed by atoms with Crippen molar-refractivity contribution in [3.8, 4) is 22.9 Å². The van der Waals surface area contributed by atoms with Crippen LogP contribution in [0.15, 0.2) is 77.4 Å². The summed E-state index contributed by atoms with van der Waals surface area (Å²) in [5, 5.41) is 9.85. The summed E-state index contributed by atoms with van der Waals surface area (Å²) in [6, 6.07) is 22.8. The van der Waals surface area contributed by atoms with Crippen LogP contribution in [-0.4, -0.2) is 5.97 Å². The van der Waals surface area contributed by atoms with Crippen molar-refractivity contribution < 1.29 is 13.9 Å². The number of carbonyl (C=O) groups excluding carboxylic acids is 1. The highest BCUT2D eigenvalue weighted by molar-refractivity contribution is 5.87. The molecule has 0 saturated carbocycles. The lowest BCUT2D eigenvalue weighted by molar-refractivity contribution is -0.133. The maximum absolute atomic E-state index is 12.4. The molecule has 0 bridgehead atoms. The Hall–Kier alpha value is -3.84. The van der Waals surface area contributed by atoms with Gasteiger partial charge in [-0.05, 0) is 59.5 Å². The van der Waals surface area contributed by atoms with Gasteiger partial charge in [-0.15, -0.1) is 0 Å². The highest BCUT2D eigenvalue weighted by Crippen LogP contribution is 2.25. The molecule has 3 aromatic carbocycles. The smallest absolute Gasteiger partial charge is 0.315 e. The van der Waals surface area contributed by atoms with Crippen molar-refractivity contribution in [2.24, 2.45) is 0 Å². The van der Waals surface area contributed by atoms with Crippen molar-refractivity contribution in [3.63, 3.8) is 0 Å². The quantitative estimate of drug-likeness (QED) is 0.329. The summed E-state index contributed by atoms with van der Waals surface area (Å²) in [5.74, 6) is 0.162. The third-order valence-corrected chi connectivity index (χ3v) is 4.89. The molecule has 142 valence electrons. The van der Waals surface area contributed by atoms with Crippen molar-refractivity contribution in [2.75, 3.05) is 0 Å². The number of ether oxygens (including phenoxy) is 1. The first-order valence-electron chi connectivity index (χ1n) is 9.46. The van der Waals surface area contributed by atoms with Gasteiger partial charge in [-0.25, -0.2) is 0 Å². The summed E-state index contributed by atoms with van der Waals surface area (Å²) in [5.41, 5.74) is 5.41. The van der Waals surface area contributed by atoms with E-state index in [1.165, 1.54) is 5.56 Å². The Labute approximate surface area is 169 Å². The molecule has 1 aromatic heterocycles. The lowest BCUT2D eigenvalue weighted by Crippen LogP contribution is -2.10. The largest absolute Gasteiger partial charge is 0.464 e. The van der Waals surface area contributed by atoms with E-state index in [-0.39, 0.29) is 12.4 Å². The van der Waals surface area contributed by atoms with Gasteiger partial charge in [0.25, 0.3) is 0 Å². The average molecular weight is 381 g/mol. The Morgan fingerprint density at radius 2 is 1.69 bits per heavy atom. The molecule has 0 aliphatic carbocycles. The van der Waals surface area contributed by atoms with Crippen LogP contribution in [-0.2, 0) is 17.6 Å². The first kappa shape index (κ1) is 18.5. The molecule has 0 aliphatic rings. The van der Waals surface area contributed by atoms with Crippen LogP contribution in [0.25, 0.3) is 22.1 Å². The van der Waals surface area contributed by atoms with Gasteiger partial charge in [0.2, 0.25) is 0 Å². The van der Waals surface area contributed by atoms with Gasteiger partial charge in [0.15, 0.2) is 0 Å². The maximum atomic E-state index is 12.4. The second-order valence-electron chi connectivity index (χ2n) is 6.81. The summed E-state index contributed by atoms with van der Waals surface area (Å²) in [4.78, 5) is 12.4. The molecule has 4 aromatic rings. The van der Waals surface area contributed by atoms with E-state index < -0.39 is 0 Å². The van der Waals surface area contributed by atoms with E-state index in [1.807, 2.05) is 36.4 Å². The molecule has 0 unspecified atom stereocenters. The Bertz CT molecular complexity index is 1200. The third kappa shape index (κ3) is 4.04. The van der Waals surface area contributed by atoms with E-state index in [2.05, 4.69) is 19.1 Å². The van der Waals surface area contributed by atoms with Crippen LogP contribution in [0.1, 0.15) is 23.6 Å². The van der Waals surface area contributed by atoms with Gasteiger partial charge < -0.3 is 9.15 Å². The van der Waals surface area contributed by atoms with E-state index >= 15 is 0 Å². The summed E-state index contributed by atoms with van der Waals surface area (Å²) in [6.07, 6.45) is 2.70. The van der Waals surface area contributed by atoms with Crippen LogP contribution < -0.4 is 4.74 Å². The van der Waals surface area contributed by atoms with Crippen molar-refractivity contribution in [1.29, 1.82) is 5.26 Å². The van der Waals surface area contributed by atoms with E-state index in [0.717, 1.165) is 34.1 Å². The molecule has 1 heterocycles. The number of hydrogen-bond donors (Lipinski definition) is 0. The first-order chi connectivity index (χ1) is 14.2. The van der Waals surface area contributed by atoms with Crippen LogP contribution in [0.3, 0.4) is 0 Å². The molecule has 4 rings (SSSR count). The van der Waals surface area contributed by atoms with E-state index in [9.17, 15) is 4.79 Å². The molecule has 0 atom stereocenters. The SMILES string of the molecule is CCc1ccc2occ(CC(=O)Oc3ccc(-c4ccc(C#N)cc4)cc3)c2c1. The molecule has 0 N–H and O–H groups in total. The Morgan fingerprint density at radius 1 is 1.00 bits per heavy atom. The van der Waals surface area contributed by atoms with Crippen LogP contribution in [0.5, 0.6) is 5.75 Å². The highest BCUT2D eigenvalue weighted by atomic mass is 16.5. The zero-order valence-electron chi connectivity index (χ0n) is 16.0. The fourth-order valence-electron chi connectivity index (χ4n) is 3.26. The number of nitrogens with zero attached hydrogens (tertiary/aromatic N) is 1. The molecule has 0 amide bonds. The second kappa shape index (κ2) is 8.04. The maximum Gasteiger partial charge on any atom is 0.315 e. The standard InChI is InChI=1S/C25H19NO3/c1-2-17-5-12-24-23(13-17)21(16-28-24)14-25(27)29-22-10-8-20(9-11-22)19-6-3-18(15-26)4-7-19/h3-13,16H,2,14H2,1H3. The van der Waals surface area contributed by atoms with Crippen LogP contribution in [0.4, 0.5) is 0 Å². The Kier molecular flexibility index (Phi) is 5.13. The minimum absolute atomic E-state index is 0.150. The van der Waals surface area contributed by atoms with Gasteiger partial charge in [-0.3, -0.25) is 4.79 Å².